The largest absolute Gasteiger partial charge is 0.382 e. The molecular weight excluding hydrogens is 212 g/mol. The summed E-state index contributed by atoms with van der Waals surface area (Å²) in [4.78, 5) is 12.2. The lowest BCUT2D eigenvalue weighted by molar-refractivity contribution is -0.137. The Hall–Kier alpha value is -1.15. The monoisotopic (exact) mass is 234 g/mol. The summed E-state index contributed by atoms with van der Waals surface area (Å²) in [5, 5.41) is 10.2. The molecule has 0 fully saturated rings. The second-order valence-electron chi connectivity index (χ2n) is 4.71. The SMILES string of the molecule is CCC(O)(CC)C(=O)Cc1c(C)cccc1C. The van der Waals surface area contributed by atoms with Gasteiger partial charge in [-0.2, -0.15) is 0 Å². The molecule has 1 N–H and O–H groups in total. The first-order chi connectivity index (χ1) is 7.94. The Kier molecular flexibility index (Phi) is 4.47. The average Bonchev–Trinajstić information content (AvgIpc) is 2.32. The van der Waals surface area contributed by atoms with Crippen molar-refractivity contribution in [2.24, 2.45) is 0 Å². The van der Waals surface area contributed by atoms with Gasteiger partial charge in [-0.3, -0.25) is 4.79 Å². The Balaban J connectivity index is 2.96. The molecular formula is C15H22O2. The van der Waals surface area contributed by atoms with Crippen LogP contribution in [0.2, 0.25) is 0 Å². The van der Waals surface area contributed by atoms with Crippen molar-refractivity contribution in [3.8, 4) is 0 Å². The Morgan fingerprint density at radius 2 is 1.65 bits per heavy atom. The lowest BCUT2D eigenvalue weighted by atomic mass is 9.86. The Morgan fingerprint density at radius 1 is 1.18 bits per heavy atom. The lowest BCUT2D eigenvalue weighted by Gasteiger charge is -2.24. The highest BCUT2D eigenvalue weighted by Crippen LogP contribution is 2.21. The van der Waals surface area contributed by atoms with Crippen molar-refractivity contribution < 1.29 is 9.90 Å². The first kappa shape index (κ1) is 13.9. The number of carbonyl (C=O) groups is 1. The maximum atomic E-state index is 12.2. The molecule has 0 saturated carbocycles. The maximum Gasteiger partial charge on any atom is 0.168 e. The van der Waals surface area contributed by atoms with Gasteiger partial charge in [-0.25, -0.2) is 0 Å². The quantitative estimate of drug-likeness (QED) is 0.850. The number of benzene rings is 1. The maximum absolute atomic E-state index is 12.2. The highest BCUT2D eigenvalue weighted by atomic mass is 16.3. The van der Waals surface area contributed by atoms with Crippen LogP contribution in [0, 0.1) is 13.8 Å². The van der Waals surface area contributed by atoms with E-state index >= 15 is 0 Å². The molecule has 0 spiro atoms. The molecule has 94 valence electrons. The molecule has 2 heteroatoms. The van der Waals surface area contributed by atoms with Gasteiger partial charge in [-0.15, -0.1) is 0 Å². The number of carbonyl (C=O) groups excluding carboxylic acids is 1. The van der Waals surface area contributed by atoms with Gasteiger partial charge in [0.1, 0.15) is 5.60 Å². The third kappa shape index (κ3) is 2.95. The van der Waals surface area contributed by atoms with Crippen molar-refractivity contribution in [3.05, 3.63) is 34.9 Å². The molecule has 2 nitrogen and oxygen atoms in total. The standard InChI is InChI=1S/C15H22O2/c1-5-15(17,6-2)14(16)10-13-11(3)8-7-9-12(13)4/h7-9,17H,5-6,10H2,1-4H3. The summed E-state index contributed by atoms with van der Waals surface area (Å²) in [7, 11) is 0. The van der Waals surface area contributed by atoms with Gasteiger partial charge in [-0.05, 0) is 43.4 Å². The molecule has 0 aliphatic heterocycles. The third-order valence-electron chi connectivity index (χ3n) is 3.67. The number of hydrogen-bond donors (Lipinski definition) is 1. The van der Waals surface area contributed by atoms with E-state index in [9.17, 15) is 9.90 Å². The van der Waals surface area contributed by atoms with Crippen molar-refractivity contribution in [3.63, 3.8) is 0 Å². The molecule has 0 amide bonds. The van der Waals surface area contributed by atoms with E-state index < -0.39 is 5.60 Å². The Labute approximate surface area is 104 Å². The van der Waals surface area contributed by atoms with E-state index in [2.05, 4.69) is 0 Å². The topological polar surface area (TPSA) is 37.3 Å². The number of hydrogen-bond acceptors (Lipinski definition) is 2. The predicted molar refractivity (Wildman–Crippen MR) is 70.2 cm³/mol. The van der Waals surface area contributed by atoms with E-state index in [0.717, 1.165) is 16.7 Å². The van der Waals surface area contributed by atoms with E-state index in [1.807, 2.05) is 45.9 Å². The lowest BCUT2D eigenvalue weighted by Crippen LogP contribution is -2.38. The first-order valence-electron chi connectivity index (χ1n) is 6.25. The van der Waals surface area contributed by atoms with E-state index in [1.54, 1.807) is 0 Å². The molecule has 1 rings (SSSR count). The molecule has 0 aliphatic carbocycles. The van der Waals surface area contributed by atoms with Crippen molar-refractivity contribution in [1.82, 2.24) is 0 Å². The summed E-state index contributed by atoms with van der Waals surface area (Å²) in [6.45, 7) is 7.72. The first-order valence-corrected chi connectivity index (χ1v) is 6.25. The van der Waals surface area contributed by atoms with Gasteiger partial charge in [0, 0.05) is 6.42 Å². The van der Waals surface area contributed by atoms with Crippen LogP contribution < -0.4 is 0 Å². The fourth-order valence-electron chi connectivity index (χ4n) is 2.10. The van der Waals surface area contributed by atoms with Gasteiger partial charge in [0.15, 0.2) is 5.78 Å². The average molecular weight is 234 g/mol. The zero-order valence-electron chi connectivity index (χ0n) is 11.2. The molecule has 0 unspecified atom stereocenters. The number of ketones is 1. The van der Waals surface area contributed by atoms with Crippen LogP contribution in [0.5, 0.6) is 0 Å². The van der Waals surface area contributed by atoms with Crippen LogP contribution in [0.3, 0.4) is 0 Å². The second kappa shape index (κ2) is 5.46. The molecule has 1 aromatic rings. The van der Waals surface area contributed by atoms with Gasteiger partial charge >= 0.3 is 0 Å². The van der Waals surface area contributed by atoms with Crippen molar-refractivity contribution >= 4 is 5.78 Å². The molecule has 0 aromatic heterocycles. The van der Waals surface area contributed by atoms with Crippen LogP contribution in [-0.4, -0.2) is 16.5 Å². The van der Waals surface area contributed by atoms with Crippen molar-refractivity contribution in [2.45, 2.75) is 52.6 Å². The summed E-state index contributed by atoms with van der Waals surface area (Å²) in [5.41, 5.74) is 2.13. The highest BCUT2D eigenvalue weighted by Gasteiger charge is 2.31. The molecule has 1 aromatic carbocycles. The molecule has 0 heterocycles. The second-order valence-corrected chi connectivity index (χ2v) is 4.71. The van der Waals surface area contributed by atoms with Crippen molar-refractivity contribution in [2.75, 3.05) is 0 Å². The molecule has 0 saturated heterocycles. The Bertz CT molecular complexity index is 383. The van der Waals surface area contributed by atoms with E-state index in [0.29, 0.717) is 19.3 Å². The van der Waals surface area contributed by atoms with Crippen LogP contribution in [0.4, 0.5) is 0 Å². The van der Waals surface area contributed by atoms with Gasteiger partial charge in [-0.1, -0.05) is 32.0 Å². The van der Waals surface area contributed by atoms with Crippen molar-refractivity contribution in [1.29, 1.82) is 0 Å². The summed E-state index contributed by atoms with van der Waals surface area (Å²) in [5.74, 6) is -0.0695. The minimum Gasteiger partial charge on any atom is -0.382 e. The summed E-state index contributed by atoms with van der Waals surface area (Å²) in [6, 6.07) is 6.00. The summed E-state index contributed by atoms with van der Waals surface area (Å²) in [6.07, 6.45) is 1.29. The zero-order chi connectivity index (χ0) is 13.1. The van der Waals surface area contributed by atoms with E-state index in [4.69, 9.17) is 0 Å². The molecule has 0 aliphatic rings. The number of aryl methyl sites for hydroxylation is 2. The van der Waals surface area contributed by atoms with Crippen LogP contribution >= 0.6 is 0 Å². The Morgan fingerprint density at radius 3 is 2.06 bits per heavy atom. The molecule has 0 radical (unpaired) electrons. The zero-order valence-corrected chi connectivity index (χ0v) is 11.2. The van der Waals surface area contributed by atoms with E-state index in [1.165, 1.54) is 0 Å². The third-order valence-corrected chi connectivity index (χ3v) is 3.67. The summed E-state index contributed by atoms with van der Waals surface area (Å²) < 4.78 is 0. The number of aliphatic hydroxyl groups is 1. The highest BCUT2D eigenvalue weighted by molar-refractivity contribution is 5.89. The minimum absolute atomic E-state index is 0.0695. The van der Waals surface area contributed by atoms with Gasteiger partial charge < -0.3 is 5.11 Å². The predicted octanol–water partition coefficient (Wildman–Crippen LogP) is 2.97. The smallest absolute Gasteiger partial charge is 0.168 e. The molecule has 17 heavy (non-hydrogen) atoms. The van der Waals surface area contributed by atoms with E-state index in [-0.39, 0.29) is 5.78 Å². The van der Waals surface area contributed by atoms with Gasteiger partial charge in [0.25, 0.3) is 0 Å². The number of Topliss-reactive ketones (excluding diaryl/α,β-unsaturated/α-hetero) is 1. The van der Waals surface area contributed by atoms with Crippen LogP contribution in [-0.2, 0) is 11.2 Å². The summed E-state index contributed by atoms with van der Waals surface area (Å²) >= 11 is 0. The van der Waals surface area contributed by atoms with Crippen LogP contribution in [0.25, 0.3) is 0 Å². The van der Waals surface area contributed by atoms with Gasteiger partial charge in [0.05, 0.1) is 0 Å². The number of rotatable bonds is 5. The molecule has 0 atom stereocenters. The normalized spacial score (nSPS) is 11.6. The van der Waals surface area contributed by atoms with Crippen LogP contribution in [0.15, 0.2) is 18.2 Å². The fourth-order valence-corrected chi connectivity index (χ4v) is 2.10. The molecule has 0 bridgehead atoms. The van der Waals surface area contributed by atoms with Gasteiger partial charge in [0.2, 0.25) is 0 Å². The minimum atomic E-state index is -1.16. The van der Waals surface area contributed by atoms with Crippen LogP contribution in [0.1, 0.15) is 43.4 Å². The fraction of sp³-hybridized carbons (Fsp3) is 0.533.